The lowest BCUT2D eigenvalue weighted by Crippen LogP contribution is -2.59. The quantitative estimate of drug-likeness (QED) is 0.402. The molecule has 0 radical (unpaired) electrons. The van der Waals surface area contributed by atoms with Crippen LogP contribution in [0.4, 0.5) is 0 Å². The lowest BCUT2D eigenvalue weighted by molar-refractivity contribution is 0.0593. The minimum absolute atomic E-state index is 0.00295. The molecule has 1 aromatic carbocycles. The molecular formula is C27H32N6O5S3. The van der Waals surface area contributed by atoms with E-state index < -0.39 is 26.1 Å². The Bertz CT molecular complexity index is 1750. The molecule has 14 heteroatoms. The first-order valence-corrected chi connectivity index (χ1v) is 17.5. The molecule has 0 spiro atoms. The Balaban J connectivity index is 1.30. The number of nitrogens with one attached hydrogen (secondary N) is 2. The number of carbonyl (C=O) groups excluding carboxylic acids is 1. The first-order chi connectivity index (χ1) is 19.5. The Kier molecular flexibility index (Phi) is 7.46. The number of amides is 1. The van der Waals surface area contributed by atoms with Gasteiger partial charge in [-0.05, 0) is 44.0 Å². The van der Waals surface area contributed by atoms with Crippen LogP contribution in [0.1, 0.15) is 45.7 Å². The standard InChI is InChI=1S/C27H32N6O5S3/c1-3-19-6-7-22-20(13-19)14-25(29-22)41(37,38)32-10-11-33(21(16-32)17-40(35,36)31-8-4-5-9-31)27(34)26-30-23-12-18(2)28-15-24(23)39-26/h1,6-7,13-14,18,21,28-29H,4-5,8-12,15-17H2,2H3. The van der Waals surface area contributed by atoms with Crippen LogP contribution in [-0.2, 0) is 33.0 Å². The first-order valence-electron chi connectivity index (χ1n) is 13.7. The Hall–Kier alpha value is -2.80. The Morgan fingerprint density at radius 3 is 2.66 bits per heavy atom. The second-order valence-electron chi connectivity index (χ2n) is 10.9. The fourth-order valence-corrected chi connectivity index (χ4v) is 10.0. The average molecular weight is 617 g/mol. The van der Waals surface area contributed by atoms with Gasteiger partial charge in [0.15, 0.2) is 5.01 Å². The fraction of sp³-hybridized carbons (Fsp3) is 0.481. The largest absolute Gasteiger partial charge is 0.345 e. The molecule has 0 saturated carbocycles. The smallest absolute Gasteiger partial charge is 0.283 e. The van der Waals surface area contributed by atoms with Gasteiger partial charge in [-0.2, -0.15) is 4.31 Å². The van der Waals surface area contributed by atoms with Gasteiger partial charge < -0.3 is 15.2 Å². The molecule has 2 N–H and O–H groups in total. The fourth-order valence-electron chi connectivity index (χ4n) is 5.77. The number of hydrogen-bond donors (Lipinski definition) is 2. The third kappa shape index (κ3) is 5.42. The van der Waals surface area contributed by atoms with Gasteiger partial charge in [-0.3, -0.25) is 4.79 Å². The maximum absolute atomic E-state index is 13.8. The molecule has 2 aromatic heterocycles. The van der Waals surface area contributed by atoms with Crippen molar-refractivity contribution in [3.8, 4) is 12.3 Å². The third-order valence-electron chi connectivity index (χ3n) is 8.02. The number of H-pyrrole nitrogens is 1. The SMILES string of the molecule is C#Cc1ccc2[nH]c(S(=O)(=O)N3CCN(C(=O)c4nc5c(s4)CNC(C)C5)C(CS(=O)(=O)N4CCCC4)C3)cc2c1. The van der Waals surface area contributed by atoms with E-state index in [1.54, 1.807) is 18.2 Å². The summed E-state index contributed by atoms with van der Waals surface area (Å²) in [5.41, 5.74) is 2.15. The topological polar surface area (TPSA) is 136 Å². The van der Waals surface area contributed by atoms with E-state index in [1.807, 2.05) is 0 Å². The van der Waals surface area contributed by atoms with E-state index in [0.717, 1.165) is 23.4 Å². The summed E-state index contributed by atoms with van der Waals surface area (Å²) in [6, 6.07) is 6.11. The van der Waals surface area contributed by atoms with Crippen LogP contribution in [0.3, 0.4) is 0 Å². The second-order valence-corrected chi connectivity index (χ2v) is 15.9. The normalized spacial score (nSPS) is 22.6. The number of hydrogen-bond acceptors (Lipinski definition) is 8. The van der Waals surface area contributed by atoms with E-state index in [4.69, 9.17) is 6.42 Å². The number of aromatic nitrogens is 2. The van der Waals surface area contributed by atoms with Gasteiger partial charge in [0.05, 0.1) is 17.5 Å². The monoisotopic (exact) mass is 616 g/mol. The van der Waals surface area contributed by atoms with Crippen LogP contribution in [0.2, 0.25) is 0 Å². The first kappa shape index (κ1) is 28.3. The van der Waals surface area contributed by atoms with Crippen molar-refractivity contribution >= 4 is 48.2 Å². The lowest BCUT2D eigenvalue weighted by Gasteiger charge is -2.40. The van der Waals surface area contributed by atoms with Crippen LogP contribution >= 0.6 is 11.3 Å². The minimum atomic E-state index is -4.01. The lowest BCUT2D eigenvalue weighted by atomic mass is 10.1. The highest BCUT2D eigenvalue weighted by Crippen LogP contribution is 2.29. The average Bonchev–Trinajstić information content (AvgIpc) is 3.71. The number of carbonyl (C=O) groups is 1. The summed E-state index contributed by atoms with van der Waals surface area (Å²) in [5.74, 6) is 1.84. The van der Waals surface area contributed by atoms with E-state index >= 15 is 0 Å². The summed E-state index contributed by atoms with van der Waals surface area (Å²) in [6.45, 7) is 3.50. The Morgan fingerprint density at radius 1 is 1.12 bits per heavy atom. The predicted octanol–water partition coefficient (Wildman–Crippen LogP) is 1.58. The summed E-state index contributed by atoms with van der Waals surface area (Å²) in [6.07, 6.45) is 7.78. The van der Waals surface area contributed by atoms with Crippen LogP contribution in [0, 0.1) is 12.3 Å². The molecular weight excluding hydrogens is 585 g/mol. The second kappa shape index (κ2) is 10.8. The summed E-state index contributed by atoms with van der Waals surface area (Å²) in [7, 11) is -7.73. The Labute approximate surface area is 244 Å². The van der Waals surface area contributed by atoms with Gasteiger partial charge in [0, 0.05) is 73.1 Å². The molecule has 2 saturated heterocycles. The maximum atomic E-state index is 13.8. The van der Waals surface area contributed by atoms with Gasteiger partial charge in [0.25, 0.3) is 15.9 Å². The molecule has 3 aliphatic rings. The van der Waals surface area contributed by atoms with Crippen LogP contribution in [0.25, 0.3) is 10.9 Å². The van der Waals surface area contributed by atoms with Gasteiger partial charge in [-0.1, -0.05) is 5.92 Å². The van der Waals surface area contributed by atoms with E-state index in [2.05, 4.69) is 28.1 Å². The van der Waals surface area contributed by atoms with Crippen LogP contribution in [-0.4, -0.2) is 96.8 Å². The molecule has 3 aliphatic heterocycles. The molecule has 2 atom stereocenters. The van der Waals surface area contributed by atoms with Gasteiger partial charge in [-0.25, -0.2) is 26.1 Å². The number of piperazine rings is 1. The van der Waals surface area contributed by atoms with E-state index in [-0.39, 0.29) is 42.4 Å². The highest BCUT2D eigenvalue weighted by atomic mass is 32.2. The molecule has 2 fully saturated rings. The zero-order valence-corrected chi connectivity index (χ0v) is 25.1. The summed E-state index contributed by atoms with van der Waals surface area (Å²) < 4.78 is 57.0. The van der Waals surface area contributed by atoms with Crippen molar-refractivity contribution in [2.75, 3.05) is 38.5 Å². The van der Waals surface area contributed by atoms with Crippen LogP contribution in [0.15, 0.2) is 29.3 Å². The van der Waals surface area contributed by atoms with E-state index in [9.17, 15) is 21.6 Å². The highest BCUT2D eigenvalue weighted by Gasteiger charge is 2.41. The van der Waals surface area contributed by atoms with Crippen LogP contribution < -0.4 is 5.32 Å². The molecule has 0 bridgehead atoms. The number of sulfonamides is 2. The predicted molar refractivity (Wildman–Crippen MR) is 157 cm³/mol. The van der Waals surface area contributed by atoms with Gasteiger partial charge >= 0.3 is 0 Å². The molecule has 6 rings (SSSR count). The van der Waals surface area contributed by atoms with E-state index in [1.165, 1.54) is 30.9 Å². The number of aromatic amines is 1. The van der Waals surface area contributed by atoms with Crippen molar-refractivity contribution in [2.24, 2.45) is 0 Å². The number of nitrogens with zero attached hydrogens (tertiary/aromatic N) is 4. The molecule has 0 aliphatic carbocycles. The zero-order chi connectivity index (χ0) is 28.9. The molecule has 1 amide bonds. The molecule has 3 aromatic rings. The van der Waals surface area contributed by atoms with Gasteiger partial charge in [-0.15, -0.1) is 17.8 Å². The number of thiazole rings is 1. The van der Waals surface area contributed by atoms with Crippen molar-refractivity contribution in [1.82, 2.24) is 28.8 Å². The number of rotatable bonds is 6. The van der Waals surface area contributed by atoms with Crippen molar-refractivity contribution < 1.29 is 21.6 Å². The summed E-state index contributed by atoms with van der Waals surface area (Å²) in [5, 5.41) is 4.34. The number of benzene rings is 1. The molecule has 2 unspecified atom stereocenters. The maximum Gasteiger partial charge on any atom is 0.283 e. The molecule has 41 heavy (non-hydrogen) atoms. The summed E-state index contributed by atoms with van der Waals surface area (Å²) in [4.78, 5) is 23.9. The van der Waals surface area contributed by atoms with E-state index in [0.29, 0.717) is 47.5 Å². The third-order valence-corrected chi connectivity index (χ3v) is 12.9. The molecule has 218 valence electrons. The van der Waals surface area contributed by atoms with Crippen molar-refractivity contribution in [2.45, 2.75) is 49.8 Å². The van der Waals surface area contributed by atoms with Gasteiger partial charge in [0.1, 0.15) is 5.03 Å². The van der Waals surface area contributed by atoms with Gasteiger partial charge in [0.2, 0.25) is 10.0 Å². The Morgan fingerprint density at radius 2 is 1.90 bits per heavy atom. The molecule has 5 heterocycles. The summed E-state index contributed by atoms with van der Waals surface area (Å²) >= 11 is 1.32. The van der Waals surface area contributed by atoms with Crippen LogP contribution in [0.5, 0.6) is 0 Å². The minimum Gasteiger partial charge on any atom is -0.345 e. The van der Waals surface area contributed by atoms with Crippen molar-refractivity contribution in [3.05, 3.63) is 45.4 Å². The number of fused-ring (bicyclic) bond motifs is 2. The van der Waals surface area contributed by atoms with Crippen molar-refractivity contribution in [3.63, 3.8) is 0 Å². The molecule has 11 nitrogen and oxygen atoms in total. The zero-order valence-electron chi connectivity index (χ0n) is 22.7. The number of terminal acetylenes is 1. The highest BCUT2D eigenvalue weighted by molar-refractivity contribution is 7.89. The van der Waals surface area contributed by atoms with Crippen molar-refractivity contribution in [1.29, 1.82) is 0 Å².